The van der Waals surface area contributed by atoms with E-state index in [9.17, 15) is 4.79 Å². The van der Waals surface area contributed by atoms with E-state index in [0.717, 1.165) is 0 Å². The molecule has 2 N–H and O–H groups in total. The van der Waals surface area contributed by atoms with Crippen LogP contribution in [0.4, 0.5) is 5.82 Å². The van der Waals surface area contributed by atoms with Crippen LogP contribution in [0.25, 0.3) is 0 Å². The molecule has 0 spiro atoms. The van der Waals surface area contributed by atoms with Crippen LogP contribution >= 0.6 is 12.2 Å². The number of esters is 1. The summed E-state index contributed by atoms with van der Waals surface area (Å²) < 4.78 is 10.2. The van der Waals surface area contributed by atoms with E-state index in [1.807, 2.05) is 4.90 Å². The monoisotopic (exact) mass is 296 g/mol. The molecule has 0 aliphatic carbocycles. The Morgan fingerprint density at radius 1 is 1.70 bits per heavy atom. The van der Waals surface area contributed by atoms with Gasteiger partial charge in [0.05, 0.1) is 38.0 Å². The van der Waals surface area contributed by atoms with Gasteiger partial charge in [-0.15, -0.1) is 5.10 Å². The highest BCUT2D eigenvalue weighted by atomic mass is 32.1. The molecule has 1 fully saturated rings. The number of methoxy groups -OCH3 is 1. The molecule has 1 aromatic heterocycles. The molecule has 1 unspecified atom stereocenters. The zero-order valence-electron chi connectivity index (χ0n) is 11.1. The van der Waals surface area contributed by atoms with Crippen molar-refractivity contribution in [1.29, 1.82) is 0 Å². The Balaban J connectivity index is 2.13. The van der Waals surface area contributed by atoms with Gasteiger partial charge in [-0.25, -0.2) is 0 Å². The van der Waals surface area contributed by atoms with Gasteiger partial charge in [-0.1, -0.05) is 12.2 Å². The third kappa shape index (κ3) is 3.40. The number of morpholine rings is 1. The first kappa shape index (κ1) is 14.6. The first-order chi connectivity index (χ1) is 9.61. The van der Waals surface area contributed by atoms with Gasteiger partial charge >= 0.3 is 5.97 Å². The number of carbonyl (C=O) groups is 1. The minimum Gasteiger partial charge on any atom is -0.469 e. The summed E-state index contributed by atoms with van der Waals surface area (Å²) in [5, 5.41) is 7.96. The number of hydrogen-bond acceptors (Lipinski definition) is 7. The lowest BCUT2D eigenvalue weighted by atomic mass is 10.2. The second-order valence-electron chi connectivity index (χ2n) is 4.35. The Bertz CT molecular complexity index is 511. The van der Waals surface area contributed by atoms with Crippen molar-refractivity contribution in [2.24, 2.45) is 5.73 Å². The molecule has 1 atom stereocenters. The Morgan fingerprint density at radius 3 is 3.20 bits per heavy atom. The number of ether oxygens (including phenoxy) is 2. The first-order valence-corrected chi connectivity index (χ1v) is 6.57. The largest absolute Gasteiger partial charge is 0.469 e. The lowest BCUT2D eigenvalue weighted by molar-refractivity contribution is -0.144. The number of carbonyl (C=O) groups excluding carboxylic acids is 1. The van der Waals surface area contributed by atoms with E-state index in [1.165, 1.54) is 7.11 Å². The van der Waals surface area contributed by atoms with Crippen molar-refractivity contribution in [3.05, 3.63) is 17.8 Å². The maximum absolute atomic E-state index is 11.3. The van der Waals surface area contributed by atoms with E-state index < -0.39 is 0 Å². The molecule has 7 nitrogen and oxygen atoms in total. The minimum absolute atomic E-state index is 0.204. The summed E-state index contributed by atoms with van der Waals surface area (Å²) in [6.45, 7) is 1.66. The van der Waals surface area contributed by atoms with E-state index in [4.69, 9.17) is 22.7 Å². The Morgan fingerprint density at radius 2 is 2.50 bits per heavy atom. The molecule has 0 aromatic carbocycles. The molecule has 108 valence electrons. The van der Waals surface area contributed by atoms with E-state index in [2.05, 4.69) is 14.9 Å². The third-order valence-corrected chi connectivity index (χ3v) is 3.25. The summed E-state index contributed by atoms with van der Waals surface area (Å²) in [6, 6.07) is 1.73. The molecule has 1 aromatic rings. The Kier molecular flexibility index (Phi) is 4.80. The molecule has 2 heterocycles. The predicted molar refractivity (Wildman–Crippen MR) is 76.5 cm³/mol. The third-order valence-electron chi connectivity index (χ3n) is 3.03. The van der Waals surface area contributed by atoms with Crippen molar-refractivity contribution in [1.82, 2.24) is 10.2 Å². The molecule has 0 saturated carbocycles. The molecule has 0 radical (unpaired) electrons. The maximum Gasteiger partial charge on any atom is 0.308 e. The predicted octanol–water partition coefficient (Wildman–Crippen LogP) is -0.121. The van der Waals surface area contributed by atoms with Gasteiger partial charge in [-0.2, -0.15) is 5.10 Å². The molecule has 1 aliphatic rings. The molecule has 0 bridgehead atoms. The van der Waals surface area contributed by atoms with Crippen LogP contribution in [0.2, 0.25) is 0 Å². The van der Waals surface area contributed by atoms with Gasteiger partial charge in [-0.3, -0.25) is 4.79 Å². The summed E-state index contributed by atoms with van der Waals surface area (Å²) in [5.74, 6) is 0.323. The smallest absolute Gasteiger partial charge is 0.308 e. The average molecular weight is 296 g/mol. The lowest BCUT2D eigenvalue weighted by Crippen LogP contribution is -2.44. The van der Waals surface area contributed by atoms with Crippen LogP contribution in [-0.4, -0.2) is 54.1 Å². The fourth-order valence-corrected chi connectivity index (χ4v) is 2.21. The fraction of sp³-hybridized carbons (Fsp3) is 0.500. The molecule has 0 amide bonds. The van der Waals surface area contributed by atoms with Gasteiger partial charge in [0.25, 0.3) is 0 Å². The van der Waals surface area contributed by atoms with Gasteiger partial charge < -0.3 is 20.1 Å². The van der Waals surface area contributed by atoms with Gasteiger partial charge in [0, 0.05) is 13.1 Å². The van der Waals surface area contributed by atoms with Crippen LogP contribution in [0.3, 0.4) is 0 Å². The van der Waals surface area contributed by atoms with Gasteiger partial charge in [0.1, 0.15) is 4.99 Å². The fourth-order valence-electron chi connectivity index (χ4n) is 2.05. The van der Waals surface area contributed by atoms with Crippen molar-refractivity contribution in [2.45, 2.75) is 12.5 Å². The highest BCUT2D eigenvalue weighted by Gasteiger charge is 2.26. The molecule has 1 saturated heterocycles. The van der Waals surface area contributed by atoms with Gasteiger partial charge in [0.2, 0.25) is 0 Å². The lowest BCUT2D eigenvalue weighted by Gasteiger charge is -2.33. The molecule has 8 heteroatoms. The standard InChI is InChI=1S/C12H16N4O3S/c1-18-10(17)6-8-7-16(4-5-19-8)12-9(11(13)20)2-3-14-15-12/h2-3,8H,4-7H2,1H3,(H2,13,20). The molecule has 1 aliphatic heterocycles. The van der Waals surface area contributed by atoms with E-state index in [0.29, 0.717) is 31.1 Å². The normalized spacial score (nSPS) is 18.6. The van der Waals surface area contributed by atoms with Gasteiger partial charge in [0.15, 0.2) is 5.82 Å². The van der Waals surface area contributed by atoms with E-state index in [1.54, 1.807) is 12.3 Å². The Labute approximate surface area is 122 Å². The van der Waals surface area contributed by atoms with Crippen LogP contribution < -0.4 is 10.6 Å². The molecular formula is C12H16N4O3S. The van der Waals surface area contributed by atoms with Crippen molar-refractivity contribution < 1.29 is 14.3 Å². The highest BCUT2D eigenvalue weighted by Crippen LogP contribution is 2.20. The summed E-state index contributed by atoms with van der Waals surface area (Å²) in [5.41, 5.74) is 6.36. The summed E-state index contributed by atoms with van der Waals surface area (Å²) >= 11 is 5.02. The molecule has 2 rings (SSSR count). The van der Waals surface area contributed by atoms with Crippen molar-refractivity contribution in [3.8, 4) is 0 Å². The minimum atomic E-state index is -0.300. The van der Waals surface area contributed by atoms with E-state index in [-0.39, 0.29) is 23.5 Å². The van der Waals surface area contributed by atoms with Crippen molar-refractivity contribution in [3.63, 3.8) is 0 Å². The summed E-state index contributed by atoms with van der Waals surface area (Å²) in [7, 11) is 1.36. The summed E-state index contributed by atoms with van der Waals surface area (Å²) in [4.78, 5) is 13.5. The zero-order valence-corrected chi connectivity index (χ0v) is 11.9. The van der Waals surface area contributed by atoms with Gasteiger partial charge in [-0.05, 0) is 6.07 Å². The maximum atomic E-state index is 11.3. The van der Waals surface area contributed by atoms with Crippen LogP contribution in [0.1, 0.15) is 12.0 Å². The SMILES string of the molecule is COC(=O)CC1CN(c2nnccc2C(N)=S)CCO1. The number of hydrogen-bond donors (Lipinski definition) is 1. The quantitative estimate of drug-likeness (QED) is 0.607. The van der Waals surface area contributed by atoms with E-state index >= 15 is 0 Å². The number of thiocarbonyl (C=S) groups is 1. The van der Waals surface area contributed by atoms with Crippen molar-refractivity contribution in [2.75, 3.05) is 31.7 Å². The van der Waals surface area contributed by atoms with Crippen molar-refractivity contribution >= 4 is 29.0 Å². The topological polar surface area (TPSA) is 90.6 Å². The Hall–Kier alpha value is -1.80. The number of nitrogens with two attached hydrogens (primary N) is 1. The average Bonchev–Trinajstić information content (AvgIpc) is 2.47. The number of nitrogens with zero attached hydrogens (tertiary/aromatic N) is 3. The zero-order chi connectivity index (χ0) is 14.5. The molecule has 20 heavy (non-hydrogen) atoms. The second kappa shape index (κ2) is 6.58. The van der Waals surface area contributed by atoms with Crippen LogP contribution in [0, 0.1) is 0 Å². The number of anilines is 1. The summed E-state index contributed by atoms with van der Waals surface area (Å²) in [6.07, 6.45) is 1.51. The number of aromatic nitrogens is 2. The second-order valence-corrected chi connectivity index (χ2v) is 4.79. The molecular weight excluding hydrogens is 280 g/mol. The number of rotatable bonds is 4. The first-order valence-electron chi connectivity index (χ1n) is 6.16. The van der Waals surface area contributed by atoms with Crippen LogP contribution in [0.15, 0.2) is 12.3 Å². The van der Waals surface area contributed by atoms with Crippen LogP contribution in [0.5, 0.6) is 0 Å². The van der Waals surface area contributed by atoms with Crippen LogP contribution in [-0.2, 0) is 14.3 Å². The highest BCUT2D eigenvalue weighted by molar-refractivity contribution is 7.80.